The van der Waals surface area contributed by atoms with Crippen molar-refractivity contribution in [3.05, 3.63) is 29.6 Å². The molecule has 106 valence electrons. The van der Waals surface area contributed by atoms with E-state index in [1.54, 1.807) is 6.07 Å². The Morgan fingerprint density at radius 2 is 2.00 bits per heavy atom. The van der Waals surface area contributed by atoms with Crippen molar-refractivity contribution >= 4 is 5.78 Å². The maximum absolute atomic E-state index is 13.6. The van der Waals surface area contributed by atoms with Gasteiger partial charge < -0.3 is 9.47 Å². The van der Waals surface area contributed by atoms with E-state index < -0.39 is 11.9 Å². The van der Waals surface area contributed by atoms with Gasteiger partial charge in [0.25, 0.3) is 0 Å². The van der Waals surface area contributed by atoms with Gasteiger partial charge in [0.2, 0.25) is 0 Å². The Bertz CT molecular complexity index is 449. The van der Waals surface area contributed by atoms with Crippen molar-refractivity contribution in [2.45, 2.75) is 33.8 Å². The van der Waals surface area contributed by atoms with Crippen molar-refractivity contribution in [1.29, 1.82) is 0 Å². The zero-order valence-corrected chi connectivity index (χ0v) is 12.1. The van der Waals surface area contributed by atoms with Crippen LogP contribution in [0.25, 0.3) is 0 Å². The molecule has 1 unspecified atom stereocenters. The molecule has 0 aromatic heterocycles. The van der Waals surface area contributed by atoms with Crippen LogP contribution in [0.5, 0.6) is 5.75 Å². The Balaban J connectivity index is 3.06. The zero-order valence-electron chi connectivity index (χ0n) is 12.1. The van der Waals surface area contributed by atoms with E-state index in [-0.39, 0.29) is 16.9 Å². The molecular formula is C15H21FO3. The Hall–Kier alpha value is -1.42. The predicted octanol–water partition coefficient (Wildman–Crippen LogP) is 3.47. The fraction of sp³-hybridized carbons (Fsp3) is 0.533. The summed E-state index contributed by atoms with van der Waals surface area (Å²) < 4.78 is 24.0. The molecule has 4 heteroatoms. The molecule has 1 aromatic carbocycles. The number of carbonyl (C=O) groups is 1. The molecule has 0 aliphatic heterocycles. The largest absolute Gasteiger partial charge is 0.494 e. The molecule has 0 N–H and O–H groups in total. The highest BCUT2D eigenvalue weighted by molar-refractivity contribution is 6.00. The lowest BCUT2D eigenvalue weighted by Crippen LogP contribution is -2.37. The van der Waals surface area contributed by atoms with Crippen molar-refractivity contribution < 1.29 is 18.7 Å². The van der Waals surface area contributed by atoms with Crippen molar-refractivity contribution in [2.75, 3.05) is 13.7 Å². The molecule has 0 bridgehead atoms. The van der Waals surface area contributed by atoms with Gasteiger partial charge in [-0.1, -0.05) is 20.8 Å². The van der Waals surface area contributed by atoms with Gasteiger partial charge in [0.05, 0.1) is 7.11 Å². The van der Waals surface area contributed by atoms with Crippen LogP contribution >= 0.6 is 0 Å². The average molecular weight is 268 g/mol. The molecule has 3 nitrogen and oxygen atoms in total. The lowest BCUT2D eigenvalue weighted by molar-refractivity contribution is -0.000246. The van der Waals surface area contributed by atoms with Crippen LogP contribution < -0.4 is 4.74 Å². The maximum atomic E-state index is 13.6. The van der Waals surface area contributed by atoms with Gasteiger partial charge in [-0.15, -0.1) is 0 Å². The summed E-state index contributed by atoms with van der Waals surface area (Å²) in [5.41, 5.74) is -0.0459. The third kappa shape index (κ3) is 3.77. The standard InChI is InChI=1S/C15H21FO3/c1-6-19-14(15(2,3)4)13(17)10-7-8-12(18-5)11(16)9-10/h7-9,14H,6H2,1-5H3. The van der Waals surface area contributed by atoms with E-state index >= 15 is 0 Å². The lowest BCUT2D eigenvalue weighted by Gasteiger charge is -2.29. The van der Waals surface area contributed by atoms with Crippen molar-refractivity contribution in [2.24, 2.45) is 5.41 Å². The number of Topliss-reactive ketones (excluding diaryl/α,β-unsaturated/α-hetero) is 1. The summed E-state index contributed by atoms with van der Waals surface area (Å²) in [6.07, 6.45) is -0.592. The fourth-order valence-corrected chi connectivity index (χ4v) is 1.86. The van der Waals surface area contributed by atoms with E-state index in [1.807, 2.05) is 27.7 Å². The van der Waals surface area contributed by atoms with E-state index in [1.165, 1.54) is 19.2 Å². The summed E-state index contributed by atoms with van der Waals surface area (Å²) in [5.74, 6) is -0.631. The number of rotatable bonds is 5. The molecule has 19 heavy (non-hydrogen) atoms. The molecule has 0 aliphatic carbocycles. The van der Waals surface area contributed by atoms with Crippen LogP contribution in [0.15, 0.2) is 18.2 Å². The van der Waals surface area contributed by atoms with Gasteiger partial charge in [-0.05, 0) is 30.5 Å². The monoisotopic (exact) mass is 268 g/mol. The van der Waals surface area contributed by atoms with Crippen LogP contribution in [0.3, 0.4) is 0 Å². The fourth-order valence-electron chi connectivity index (χ4n) is 1.86. The van der Waals surface area contributed by atoms with E-state index in [2.05, 4.69) is 0 Å². The summed E-state index contributed by atoms with van der Waals surface area (Å²) in [6.45, 7) is 8.04. The van der Waals surface area contributed by atoms with Gasteiger partial charge in [-0.25, -0.2) is 4.39 Å². The summed E-state index contributed by atoms with van der Waals surface area (Å²) in [4.78, 5) is 12.4. The molecule has 0 saturated carbocycles. The molecule has 0 heterocycles. The molecule has 0 fully saturated rings. The summed E-state index contributed by atoms with van der Waals surface area (Å²) in [7, 11) is 1.39. The summed E-state index contributed by atoms with van der Waals surface area (Å²) in [6, 6.07) is 4.20. The van der Waals surface area contributed by atoms with E-state index in [4.69, 9.17) is 9.47 Å². The first-order chi connectivity index (χ1) is 8.81. The topological polar surface area (TPSA) is 35.5 Å². The number of methoxy groups -OCH3 is 1. The normalized spacial score (nSPS) is 13.2. The van der Waals surface area contributed by atoms with Crippen molar-refractivity contribution in [3.8, 4) is 5.75 Å². The van der Waals surface area contributed by atoms with Crippen LogP contribution in [-0.4, -0.2) is 25.6 Å². The SMILES string of the molecule is CCOC(C(=O)c1ccc(OC)c(F)c1)C(C)(C)C. The van der Waals surface area contributed by atoms with Gasteiger partial charge >= 0.3 is 0 Å². The summed E-state index contributed by atoms with van der Waals surface area (Å²) in [5, 5.41) is 0. The quantitative estimate of drug-likeness (QED) is 0.767. The van der Waals surface area contributed by atoms with Crippen LogP contribution in [0.2, 0.25) is 0 Å². The van der Waals surface area contributed by atoms with Gasteiger partial charge in [-0.3, -0.25) is 4.79 Å². The Morgan fingerprint density at radius 3 is 2.42 bits per heavy atom. The molecule has 0 spiro atoms. The number of carbonyl (C=O) groups excluding carboxylic acids is 1. The van der Waals surface area contributed by atoms with Crippen LogP contribution in [-0.2, 0) is 4.74 Å². The number of ether oxygens (including phenoxy) is 2. The highest BCUT2D eigenvalue weighted by Crippen LogP contribution is 2.27. The first-order valence-corrected chi connectivity index (χ1v) is 6.30. The van der Waals surface area contributed by atoms with Crippen LogP contribution in [0, 0.1) is 11.2 Å². The van der Waals surface area contributed by atoms with E-state index in [9.17, 15) is 9.18 Å². The van der Waals surface area contributed by atoms with E-state index in [0.29, 0.717) is 12.2 Å². The van der Waals surface area contributed by atoms with Crippen LogP contribution in [0.1, 0.15) is 38.1 Å². The Kier molecular flexibility index (Phi) is 5.06. The van der Waals surface area contributed by atoms with Crippen molar-refractivity contribution in [1.82, 2.24) is 0 Å². The molecule has 0 amide bonds. The third-order valence-corrected chi connectivity index (χ3v) is 2.79. The van der Waals surface area contributed by atoms with Gasteiger partial charge in [0.1, 0.15) is 6.10 Å². The molecular weight excluding hydrogens is 247 g/mol. The third-order valence-electron chi connectivity index (χ3n) is 2.79. The highest BCUT2D eigenvalue weighted by Gasteiger charge is 2.32. The second-order valence-corrected chi connectivity index (χ2v) is 5.41. The molecule has 0 radical (unpaired) electrons. The molecule has 1 atom stereocenters. The van der Waals surface area contributed by atoms with Gasteiger partial charge in [0, 0.05) is 12.2 Å². The minimum Gasteiger partial charge on any atom is -0.494 e. The van der Waals surface area contributed by atoms with Crippen LogP contribution in [0.4, 0.5) is 4.39 Å². The lowest BCUT2D eigenvalue weighted by atomic mass is 9.84. The molecule has 1 rings (SSSR count). The minimum atomic E-state index is -0.592. The molecule has 0 aliphatic rings. The highest BCUT2D eigenvalue weighted by atomic mass is 19.1. The van der Waals surface area contributed by atoms with Crippen molar-refractivity contribution in [3.63, 3.8) is 0 Å². The maximum Gasteiger partial charge on any atom is 0.192 e. The molecule has 1 aromatic rings. The van der Waals surface area contributed by atoms with Gasteiger partial charge in [0.15, 0.2) is 17.3 Å². The number of ketones is 1. The number of halogens is 1. The minimum absolute atomic E-state index is 0.125. The summed E-state index contributed by atoms with van der Waals surface area (Å²) >= 11 is 0. The predicted molar refractivity (Wildman–Crippen MR) is 72.2 cm³/mol. The smallest absolute Gasteiger partial charge is 0.192 e. The Morgan fingerprint density at radius 1 is 1.37 bits per heavy atom. The zero-order chi connectivity index (χ0) is 14.6. The van der Waals surface area contributed by atoms with E-state index in [0.717, 1.165) is 0 Å². The number of hydrogen-bond acceptors (Lipinski definition) is 3. The first kappa shape index (κ1) is 15.6. The second kappa shape index (κ2) is 6.15. The number of benzene rings is 1. The average Bonchev–Trinajstić information content (AvgIpc) is 2.33. The van der Waals surface area contributed by atoms with Gasteiger partial charge in [-0.2, -0.15) is 0 Å². The second-order valence-electron chi connectivity index (χ2n) is 5.41. The first-order valence-electron chi connectivity index (χ1n) is 6.30. The Labute approximate surface area is 113 Å². The number of hydrogen-bond donors (Lipinski definition) is 0. The molecule has 0 saturated heterocycles.